The number of nitrogens with zero attached hydrogens (tertiary/aromatic N) is 1. The topological polar surface area (TPSA) is 47.7 Å². The van der Waals surface area contributed by atoms with E-state index in [0.717, 1.165) is 28.9 Å². The van der Waals surface area contributed by atoms with Gasteiger partial charge in [-0.15, -0.1) is 0 Å². The van der Waals surface area contributed by atoms with Gasteiger partial charge in [-0.1, -0.05) is 15.9 Å². The average molecular weight is 343 g/mol. The fourth-order valence-electron chi connectivity index (χ4n) is 2.91. The largest absolute Gasteiger partial charge is 0.496 e. The van der Waals surface area contributed by atoms with E-state index in [1.807, 2.05) is 12.1 Å². The number of methoxy groups -OCH3 is 1. The van der Waals surface area contributed by atoms with Crippen LogP contribution in [0.25, 0.3) is 0 Å². The van der Waals surface area contributed by atoms with Gasteiger partial charge >= 0.3 is 0 Å². The molecule has 2 N–H and O–H groups in total. The zero-order chi connectivity index (χ0) is 14.7. The summed E-state index contributed by atoms with van der Waals surface area (Å²) < 4.78 is 12.3. The Labute approximate surface area is 129 Å². The van der Waals surface area contributed by atoms with E-state index in [1.54, 1.807) is 7.11 Å². The Morgan fingerprint density at radius 3 is 2.60 bits per heavy atom. The van der Waals surface area contributed by atoms with Crippen LogP contribution in [-0.4, -0.2) is 43.9 Å². The maximum atomic E-state index is 6.05. The van der Waals surface area contributed by atoms with Crippen molar-refractivity contribution in [3.63, 3.8) is 0 Å². The number of hydrogen-bond acceptors (Lipinski definition) is 4. The van der Waals surface area contributed by atoms with Crippen LogP contribution in [0.3, 0.4) is 0 Å². The molecule has 1 aromatic rings. The Morgan fingerprint density at radius 2 is 2.05 bits per heavy atom. The van der Waals surface area contributed by atoms with Crippen LogP contribution in [-0.2, 0) is 4.74 Å². The minimum absolute atomic E-state index is 0.149. The molecule has 1 aromatic carbocycles. The summed E-state index contributed by atoms with van der Waals surface area (Å²) in [4.78, 5) is 2.39. The highest BCUT2D eigenvalue weighted by molar-refractivity contribution is 9.10. The Bertz CT molecular complexity index is 445. The first-order chi connectivity index (χ1) is 9.55. The van der Waals surface area contributed by atoms with Crippen LogP contribution in [0, 0.1) is 0 Å². The lowest BCUT2D eigenvalue weighted by molar-refractivity contribution is -0.0801. The third-order valence-electron chi connectivity index (χ3n) is 3.66. The summed E-state index contributed by atoms with van der Waals surface area (Å²) in [5.74, 6) is 0.885. The SMILES string of the molecule is COc1ccc(Br)cc1C(CN)N1C[C@@H](C)O[C@@H](C)C1. The predicted molar refractivity (Wildman–Crippen MR) is 84.1 cm³/mol. The van der Waals surface area contributed by atoms with E-state index in [0.29, 0.717) is 6.54 Å². The van der Waals surface area contributed by atoms with Crippen molar-refractivity contribution in [3.05, 3.63) is 28.2 Å². The highest BCUT2D eigenvalue weighted by Crippen LogP contribution is 2.33. The maximum Gasteiger partial charge on any atom is 0.123 e. The van der Waals surface area contributed by atoms with Crippen LogP contribution in [0.2, 0.25) is 0 Å². The van der Waals surface area contributed by atoms with Gasteiger partial charge in [0.1, 0.15) is 5.75 Å². The second-order valence-corrected chi connectivity index (χ2v) is 6.26. The summed E-state index contributed by atoms with van der Waals surface area (Å²) in [5.41, 5.74) is 7.18. The van der Waals surface area contributed by atoms with Crippen molar-refractivity contribution in [2.45, 2.75) is 32.1 Å². The second kappa shape index (κ2) is 6.89. The molecule has 1 saturated heterocycles. The monoisotopic (exact) mass is 342 g/mol. The van der Waals surface area contributed by atoms with E-state index in [1.165, 1.54) is 0 Å². The van der Waals surface area contributed by atoms with E-state index in [4.69, 9.17) is 15.2 Å². The smallest absolute Gasteiger partial charge is 0.123 e. The Kier molecular flexibility index (Phi) is 5.43. The molecule has 0 aromatic heterocycles. The van der Waals surface area contributed by atoms with Crippen molar-refractivity contribution in [2.24, 2.45) is 5.73 Å². The lowest BCUT2D eigenvalue weighted by Crippen LogP contribution is -2.48. The minimum atomic E-state index is 0.149. The Morgan fingerprint density at radius 1 is 1.40 bits per heavy atom. The fourth-order valence-corrected chi connectivity index (χ4v) is 3.29. The molecule has 1 aliphatic heterocycles. The van der Waals surface area contributed by atoms with Crippen molar-refractivity contribution < 1.29 is 9.47 Å². The average Bonchev–Trinajstić information content (AvgIpc) is 2.39. The number of morpholine rings is 1. The standard InChI is InChI=1S/C15H23BrN2O2/c1-10-8-18(9-11(2)20-10)14(7-17)13-6-12(16)4-5-15(13)19-3/h4-6,10-11,14H,7-9,17H2,1-3H3/t10-,11+,14?. The molecule has 1 fully saturated rings. The van der Waals surface area contributed by atoms with Crippen LogP contribution >= 0.6 is 15.9 Å². The summed E-state index contributed by atoms with van der Waals surface area (Å²) in [6.45, 7) is 6.55. The van der Waals surface area contributed by atoms with E-state index < -0.39 is 0 Å². The molecular weight excluding hydrogens is 320 g/mol. The van der Waals surface area contributed by atoms with Crippen molar-refractivity contribution in [2.75, 3.05) is 26.7 Å². The van der Waals surface area contributed by atoms with Crippen LogP contribution in [0.5, 0.6) is 5.75 Å². The third-order valence-corrected chi connectivity index (χ3v) is 4.16. The van der Waals surface area contributed by atoms with E-state index >= 15 is 0 Å². The van der Waals surface area contributed by atoms with Gasteiger partial charge in [0, 0.05) is 29.7 Å². The first-order valence-electron chi connectivity index (χ1n) is 6.98. The lowest BCUT2D eigenvalue weighted by Gasteiger charge is -2.40. The molecule has 1 heterocycles. The molecule has 0 saturated carbocycles. The van der Waals surface area contributed by atoms with Crippen molar-refractivity contribution in [3.8, 4) is 5.75 Å². The van der Waals surface area contributed by atoms with E-state index in [-0.39, 0.29) is 18.2 Å². The van der Waals surface area contributed by atoms with E-state index in [2.05, 4.69) is 40.7 Å². The number of halogens is 1. The van der Waals surface area contributed by atoms with Crippen LogP contribution < -0.4 is 10.5 Å². The summed E-state index contributed by atoms with van der Waals surface area (Å²) in [6.07, 6.45) is 0.455. The van der Waals surface area contributed by atoms with Gasteiger partial charge in [0.25, 0.3) is 0 Å². The van der Waals surface area contributed by atoms with Gasteiger partial charge in [-0.2, -0.15) is 0 Å². The molecule has 0 aliphatic carbocycles. The van der Waals surface area contributed by atoms with Crippen molar-refractivity contribution in [1.82, 2.24) is 4.90 Å². The number of hydrogen-bond donors (Lipinski definition) is 1. The van der Waals surface area contributed by atoms with Gasteiger partial charge in [0.05, 0.1) is 25.4 Å². The van der Waals surface area contributed by atoms with Gasteiger partial charge in [0.2, 0.25) is 0 Å². The fraction of sp³-hybridized carbons (Fsp3) is 0.600. The van der Waals surface area contributed by atoms with Gasteiger partial charge in [0.15, 0.2) is 0 Å². The first kappa shape index (κ1) is 15.8. The molecule has 4 nitrogen and oxygen atoms in total. The van der Waals surface area contributed by atoms with Crippen molar-refractivity contribution >= 4 is 15.9 Å². The first-order valence-corrected chi connectivity index (χ1v) is 7.77. The maximum absolute atomic E-state index is 6.05. The molecule has 1 aliphatic rings. The van der Waals surface area contributed by atoms with Gasteiger partial charge in [-0.3, -0.25) is 4.90 Å². The van der Waals surface area contributed by atoms with Crippen LogP contribution in [0.4, 0.5) is 0 Å². The molecule has 0 bridgehead atoms. The van der Waals surface area contributed by atoms with Gasteiger partial charge < -0.3 is 15.2 Å². The predicted octanol–water partition coefficient (Wildman–Crippen LogP) is 2.57. The summed E-state index contributed by atoms with van der Waals surface area (Å²) >= 11 is 3.53. The highest BCUT2D eigenvalue weighted by atomic mass is 79.9. The third kappa shape index (κ3) is 3.52. The normalized spacial score (nSPS) is 25.4. The molecule has 112 valence electrons. The van der Waals surface area contributed by atoms with Crippen molar-refractivity contribution in [1.29, 1.82) is 0 Å². The van der Waals surface area contributed by atoms with E-state index in [9.17, 15) is 0 Å². The molecule has 5 heteroatoms. The quantitative estimate of drug-likeness (QED) is 0.913. The number of benzene rings is 1. The summed E-state index contributed by atoms with van der Waals surface area (Å²) in [7, 11) is 1.70. The van der Waals surface area contributed by atoms with Gasteiger partial charge in [-0.25, -0.2) is 0 Å². The number of ether oxygens (including phenoxy) is 2. The molecule has 2 rings (SSSR count). The summed E-state index contributed by atoms with van der Waals surface area (Å²) in [5, 5.41) is 0. The highest BCUT2D eigenvalue weighted by Gasteiger charge is 2.29. The number of rotatable bonds is 4. The second-order valence-electron chi connectivity index (χ2n) is 5.35. The number of nitrogens with two attached hydrogens (primary N) is 1. The lowest BCUT2D eigenvalue weighted by atomic mass is 10.0. The molecule has 0 amide bonds. The summed E-state index contributed by atoms with van der Waals surface area (Å²) in [6, 6.07) is 6.22. The molecule has 0 spiro atoms. The Balaban J connectivity index is 2.29. The molecular formula is C15H23BrN2O2. The van der Waals surface area contributed by atoms with Gasteiger partial charge in [-0.05, 0) is 32.0 Å². The Hall–Kier alpha value is -0.620. The van der Waals surface area contributed by atoms with Crippen LogP contribution in [0.1, 0.15) is 25.5 Å². The molecule has 0 radical (unpaired) electrons. The van der Waals surface area contributed by atoms with Crippen LogP contribution in [0.15, 0.2) is 22.7 Å². The molecule has 3 atom stereocenters. The minimum Gasteiger partial charge on any atom is -0.496 e. The zero-order valence-corrected chi connectivity index (χ0v) is 13.9. The molecule has 20 heavy (non-hydrogen) atoms. The zero-order valence-electron chi connectivity index (χ0n) is 12.3. The molecule has 1 unspecified atom stereocenters.